The highest BCUT2D eigenvalue weighted by Crippen LogP contribution is 2.28. The molecule has 0 fully saturated rings. The van der Waals surface area contributed by atoms with E-state index in [0.717, 1.165) is 11.3 Å². The molecule has 1 aromatic rings. The van der Waals surface area contributed by atoms with Crippen molar-refractivity contribution >= 4 is 17.7 Å². The van der Waals surface area contributed by atoms with E-state index in [1.165, 1.54) is 4.80 Å². The van der Waals surface area contributed by atoms with Gasteiger partial charge >= 0.3 is 5.97 Å². The maximum Gasteiger partial charge on any atom is 0.311 e. The average Bonchev–Trinajstić information content (AvgIpc) is 3.08. The van der Waals surface area contributed by atoms with Crippen LogP contribution in [0.25, 0.3) is 11.8 Å². The number of carboxylic acid groups (broad SMARTS) is 1. The van der Waals surface area contributed by atoms with Crippen molar-refractivity contribution in [2.45, 2.75) is 20.3 Å². The lowest BCUT2D eigenvalue weighted by atomic mass is 9.89. The summed E-state index contributed by atoms with van der Waals surface area (Å²) in [6.45, 7) is 18.5. The van der Waals surface area contributed by atoms with Crippen LogP contribution in [-0.2, 0) is 4.79 Å². The van der Waals surface area contributed by atoms with E-state index in [0.29, 0.717) is 17.0 Å². The zero-order valence-electron chi connectivity index (χ0n) is 17.7. The normalized spacial score (nSPS) is 14.1. The first-order chi connectivity index (χ1) is 14.4. The van der Waals surface area contributed by atoms with E-state index in [2.05, 4.69) is 36.5 Å². The molecule has 0 aliphatic rings. The molecule has 0 bridgehead atoms. The van der Waals surface area contributed by atoms with Gasteiger partial charge in [0.2, 0.25) is 0 Å². The van der Waals surface area contributed by atoms with Gasteiger partial charge in [-0.2, -0.15) is 9.90 Å². The van der Waals surface area contributed by atoms with Crippen molar-refractivity contribution in [2.75, 3.05) is 0 Å². The van der Waals surface area contributed by atoms with Gasteiger partial charge in [-0.05, 0) is 37.5 Å². The van der Waals surface area contributed by atoms with Gasteiger partial charge in [-0.3, -0.25) is 4.79 Å². The van der Waals surface area contributed by atoms with Crippen LogP contribution in [0.1, 0.15) is 24.7 Å². The topological polar surface area (TPSA) is 68.0 Å². The minimum Gasteiger partial charge on any atom is -0.481 e. The van der Waals surface area contributed by atoms with E-state index in [4.69, 9.17) is 0 Å². The molecule has 1 unspecified atom stereocenters. The van der Waals surface area contributed by atoms with Crippen LogP contribution < -0.4 is 0 Å². The van der Waals surface area contributed by atoms with Crippen LogP contribution in [0.2, 0.25) is 0 Å². The number of rotatable bonds is 12. The number of carbonyl (C=O) groups is 1. The van der Waals surface area contributed by atoms with Gasteiger partial charge in [0.1, 0.15) is 5.69 Å². The van der Waals surface area contributed by atoms with Gasteiger partial charge in [-0.15, -0.1) is 5.10 Å². The van der Waals surface area contributed by atoms with Gasteiger partial charge in [0.05, 0.1) is 17.3 Å². The Morgan fingerprint density at radius 3 is 2.27 bits per heavy atom. The van der Waals surface area contributed by atoms with Crippen molar-refractivity contribution in [1.29, 1.82) is 0 Å². The Morgan fingerprint density at radius 2 is 1.73 bits per heavy atom. The van der Waals surface area contributed by atoms with Gasteiger partial charge in [0.25, 0.3) is 0 Å². The smallest absolute Gasteiger partial charge is 0.311 e. The Morgan fingerprint density at radius 1 is 1.07 bits per heavy atom. The van der Waals surface area contributed by atoms with Gasteiger partial charge in [-0.1, -0.05) is 87.1 Å². The number of aromatic nitrogens is 3. The van der Waals surface area contributed by atoms with Crippen molar-refractivity contribution in [2.24, 2.45) is 5.92 Å². The largest absolute Gasteiger partial charge is 0.481 e. The fourth-order valence-corrected chi connectivity index (χ4v) is 2.81. The Balaban J connectivity index is 3.42. The molecule has 1 heterocycles. The minimum absolute atomic E-state index is 0.223. The summed E-state index contributed by atoms with van der Waals surface area (Å²) in [5.41, 5.74) is 3.51. The van der Waals surface area contributed by atoms with Crippen LogP contribution in [0.15, 0.2) is 98.2 Å². The Labute approximate surface area is 178 Å². The van der Waals surface area contributed by atoms with Crippen LogP contribution in [-0.4, -0.2) is 26.1 Å². The maximum absolute atomic E-state index is 12.1. The molecule has 0 spiro atoms. The van der Waals surface area contributed by atoms with Crippen LogP contribution >= 0.6 is 0 Å². The molecule has 0 aliphatic carbocycles. The molecule has 0 radical (unpaired) electrons. The lowest BCUT2D eigenvalue weighted by molar-refractivity contribution is -0.140. The number of nitrogens with zero attached hydrogens (tertiary/aromatic N) is 3. The molecule has 1 aromatic heterocycles. The highest BCUT2D eigenvalue weighted by atomic mass is 16.4. The Bertz CT molecular complexity index is 953. The molecule has 5 nitrogen and oxygen atoms in total. The summed E-state index contributed by atoms with van der Waals surface area (Å²) >= 11 is 0. The Hall–Kier alpha value is -3.73. The predicted octanol–water partition coefficient (Wildman–Crippen LogP) is 5.70. The fourth-order valence-electron chi connectivity index (χ4n) is 2.81. The summed E-state index contributed by atoms with van der Waals surface area (Å²) in [6.07, 6.45) is 19.1. The summed E-state index contributed by atoms with van der Waals surface area (Å²) in [4.78, 5) is 13.6. The van der Waals surface area contributed by atoms with Crippen molar-refractivity contribution < 1.29 is 9.90 Å². The third kappa shape index (κ3) is 6.71. The third-order valence-corrected chi connectivity index (χ3v) is 4.20. The van der Waals surface area contributed by atoms with Crippen LogP contribution in [0.5, 0.6) is 0 Å². The molecule has 0 aromatic carbocycles. The first-order valence-corrected chi connectivity index (χ1v) is 9.49. The predicted molar refractivity (Wildman–Crippen MR) is 126 cm³/mol. The number of hydrogen-bond acceptors (Lipinski definition) is 3. The monoisotopic (exact) mass is 403 g/mol. The van der Waals surface area contributed by atoms with E-state index in [1.807, 2.05) is 26.0 Å². The molecular weight excluding hydrogens is 374 g/mol. The number of allylic oxidation sites excluding steroid dienone is 12. The summed E-state index contributed by atoms with van der Waals surface area (Å²) in [5.74, 6) is -1.74. The van der Waals surface area contributed by atoms with E-state index >= 15 is 0 Å². The first-order valence-electron chi connectivity index (χ1n) is 9.49. The van der Waals surface area contributed by atoms with E-state index < -0.39 is 11.9 Å². The van der Waals surface area contributed by atoms with Gasteiger partial charge < -0.3 is 5.11 Å². The van der Waals surface area contributed by atoms with Crippen molar-refractivity contribution in [3.63, 3.8) is 0 Å². The van der Waals surface area contributed by atoms with E-state index in [1.54, 1.807) is 54.7 Å². The molecule has 30 heavy (non-hydrogen) atoms. The molecule has 5 heteroatoms. The van der Waals surface area contributed by atoms with Crippen molar-refractivity contribution in [3.8, 4) is 0 Å². The second-order valence-corrected chi connectivity index (χ2v) is 6.25. The Kier molecular flexibility index (Phi) is 10.3. The van der Waals surface area contributed by atoms with Crippen LogP contribution in [0, 0.1) is 12.8 Å². The summed E-state index contributed by atoms with van der Waals surface area (Å²) < 4.78 is 0. The molecule has 1 rings (SSSR count). The van der Waals surface area contributed by atoms with Crippen LogP contribution in [0.3, 0.4) is 0 Å². The van der Waals surface area contributed by atoms with Crippen molar-refractivity contribution in [1.82, 2.24) is 15.0 Å². The SMILES string of the molecule is C=C/C=C\C(=C/C=C)C(CC(=C/C=C)/C(=C\C)n1nc(C)c(/C=C\C=C)n1)C(=O)O. The lowest BCUT2D eigenvalue weighted by Crippen LogP contribution is -2.18. The number of hydrogen-bond donors (Lipinski definition) is 1. The third-order valence-electron chi connectivity index (χ3n) is 4.20. The zero-order valence-corrected chi connectivity index (χ0v) is 17.7. The fraction of sp³-hybridized carbons (Fsp3) is 0.160. The zero-order chi connectivity index (χ0) is 22.5. The maximum atomic E-state index is 12.1. The number of aliphatic carboxylic acids is 1. The molecule has 0 saturated carbocycles. The molecule has 0 amide bonds. The number of aryl methyl sites for hydroxylation is 1. The van der Waals surface area contributed by atoms with Crippen molar-refractivity contribution in [3.05, 3.63) is 110 Å². The summed E-state index contributed by atoms with van der Waals surface area (Å²) in [5, 5.41) is 18.9. The number of carboxylic acids is 1. The lowest BCUT2D eigenvalue weighted by Gasteiger charge is -2.18. The van der Waals surface area contributed by atoms with Gasteiger partial charge in [0.15, 0.2) is 0 Å². The highest BCUT2D eigenvalue weighted by molar-refractivity contribution is 5.77. The molecule has 0 saturated heterocycles. The summed E-state index contributed by atoms with van der Waals surface area (Å²) in [6, 6.07) is 0. The average molecular weight is 404 g/mol. The van der Waals surface area contributed by atoms with Gasteiger partial charge in [-0.25, -0.2) is 0 Å². The van der Waals surface area contributed by atoms with Crippen LogP contribution in [0.4, 0.5) is 0 Å². The molecular formula is C25H29N3O2. The highest BCUT2D eigenvalue weighted by Gasteiger charge is 2.24. The molecule has 0 aliphatic heterocycles. The summed E-state index contributed by atoms with van der Waals surface area (Å²) in [7, 11) is 0. The molecule has 156 valence electrons. The standard InChI is InChI=1S/C25H29N3O2/c1-7-12-16-20(14-9-3)22(25(29)30)18-21(15-10-4)24(11-5)28-26-19(6)23(27-28)17-13-8-2/h7-17,22H,1-4,18H2,5-6H3,(H,29,30)/b16-12-,17-13-,20-14+,21-15-,24-11+. The van der Waals surface area contributed by atoms with E-state index in [9.17, 15) is 9.90 Å². The van der Waals surface area contributed by atoms with Gasteiger partial charge in [0, 0.05) is 0 Å². The quantitative estimate of drug-likeness (QED) is 0.454. The first kappa shape index (κ1) is 24.3. The second-order valence-electron chi connectivity index (χ2n) is 6.25. The molecule has 1 atom stereocenters. The second kappa shape index (κ2) is 12.7. The van der Waals surface area contributed by atoms with E-state index in [-0.39, 0.29) is 6.42 Å². The minimum atomic E-state index is -0.943. The molecule has 1 N–H and O–H groups in total.